The standard InChI is InChI=1S/3FH.Ho.Li/h3*1H;;/q;;;+2;+1/p-3. The molecule has 5 heavy (non-hydrogen) atoms. The fourth-order valence-corrected chi connectivity index (χ4v) is 0. The van der Waals surface area contributed by atoms with Crippen molar-refractivity contribution in [2.45, 2.75) is 0 Å². The monoisotopic (exact) mass is 229 g/mol. The Kier molecular flexibility index (Phi) is 34.2. The van der Waals surface area contributed by atoms with E-state index in [1.807, 2.05) is 0 Å². The average molecular weight is 229 g/mol. The Morgan fingerprint density at radius 3 is 1.20 bits per heavy atom. The van der Waals surface area contributed by atoms with Crippen LogP contribution in [0.5, 0.6) is 0 Å². The molecule has 0 aliphatic carbocycles. The maximum atomic E-state index is 9.72. The first-order chi connectivity index (χ1) is 2.41. The molecule has 0 fully saturated rings. The molecule has 0 radical (unpaired) electrons. The second-order valence-electron chi connectivity index (χ2n) is 0.0431. The normalized spacial score (nSPS) is 5.80. The third-order valence-electron chi connectivity index (χ3n) is 0. The Morgan fingerprint density at radius 2 is 1.20 bits per heavy atom. The van der Waals surface area contributed by atoms with Crippen molar-refractivity contribution in [2.75, 3.05) is 0 Å². The van der Waals surface area contributed by atoms with E-state index in [1.54, 1.807) is 0 Å². The molecular formula is F3HoLi. The maximum absolute atomic E-state index is 9.72. The zero-order valence-corrected chi connectivity index (χ0v) is 4.37. The van der Waals surface area contributed by atoms with E-state index in [1.165, 1.54) is 0 Å². The molecular weight excluding hydrogens is 229 g/mol. The predicted molar refractivity (Wildman–Crippen MR) is 9.08 cm³/mol. The predicted octanol–water partition coefficient (Wildman–Crippen LogP) is 0.880. The molecule has 0 spiro atoms. The van der Waals surface area contributed by atoms with Crippen LogP contribution >= 0.6 is 0 Å². The summed E-state index contributed by atoms with van der Waals surface area (Å²) in [6.07, 6.45) is 0. The minimum absolute atomic E-state index is 0.500. The van der Waals surface area contributed by atoms with Gasteiger partial charge in [-0.3, -0.25) is 0 Å². The Labute approximate surface area is 59.0 Å². The summed E-state index contributed by atoms with van der Waals surface area (Å²) in [5.74, 6) is 0. The molecule has 0 heterocycles. The molecule has 0 unspecified atom stereocenters. The van der Waals surface area contributed by atoms with E-state index >= 15 is 0 Å². The van der Waals surface area contributed by atoms with E-state index in [2.05, 4.69) is 0 Å². The minimum atomic E-state index is -2.33. The summed E-state index contributed by atoms with van der Waals surface area (Å²) in [6, 6.07) is 0. The molecule has 0 aliphatic heterocycles. The Hall–Kier alpha value is 1.65. The van der Waals surface area contributed by atoms with Crippen molar-refractivity contribution in [3.8, 4) is 0 Å². The third kappa shape index (κ3) is 27.7. The van der Waals surface area contributed by atoms with Gasteiger partial charge in [0.1, 0.15) is 0 Å². The van der Waals surface area contributed by atoms with Crippen LogP contribution in [0.3, 0.4) is 0 Å². The molecule has 0 saturated heterocycles. The van der Waals surface area contributed by atoms with Gasteiger partial charge in [-0.2, -0.15) is 0 Å². The van der Waals surface area contributed by atoms with E-state index in [0.717, 1.165) is 0 Å². The van der Waals surface area contributed by atoms with Gasteiger partial charge in [0.25, 0.3) is 0 Å². The number of hydrogen-bond acceptors (Lipinski definition) is 0. The van der Waals surface area contributed by atoms with Crippen LogP contribution in [0, 0.1) is 35.4 Å². The van der Waals surface area contributed by atoms with Crippen molar-refractivity contribution in [1.82, 2.24) is 0 Å². The molecule has 0 aromatic carbocycles. The Bertz CT molecular complexity index is 6.85. The van der Waals surface area contributed by atoms with Crippen LogP contribution in [0.15, 0.2) is 0 Å². The van der Waals surface area contributed by atoms with Gasteiger partial charge in [-0.05, 0) is 0 Å². The summed E-state index contributed by atoms with van der Waals surface area (Å²) in [6.45, 7) is 0. The molecule has 0 atom stereocenters. The fourth-order valence-electron chi connectivity index (χ4n) is 0. The van der Waals surface area contributed by atoms with Crippen LogP contribution < -0.4 is 0 Å². The van der Waals surface area contributed by atoms with Crippen LogP contribution in [0.25, 0.3) is 0 Å². The van der Waals surface area contributed by atoms with Crippen molar-refractivity contribution >= 4 is 18.2 Å². The van der Waals surface area contributed by atoms with Crippen molar-refractivity contribution in [3.05, 3.63) is 0 Å². The van der Waals surface area contributed by atoms with Gasteiger partial charge in [0.05, 0.1) is 0 Å². The van der Waals surface area contributed by atoms with Crippen molar-refractivity contribution < 1.29 is 41.5 Å². The van der Waals surface area contributed by atoms with Crippen LogP contribution in [0.4, 0.5) is 6.11 Å². The second-order valence-corrected chi connectivity index (χ2v) is 0.319. The van der Waals surface area contributed by atoms with Gasteiger partial charge in [-0.25, -0.2) is 0 Å². The average Bonchev–Trinajstić information content (AvgIpc) is 1.46. The number of hydrogen-bond donors (Lipinski definition) is 0. The van der Waals surface area contributed by atoms with Gasteiger partial charge < -0.3 is 0 Å². The molecule has 0 N–H and O–H groups in total. The molecule has 0 aromatic heterocycles. The van der Waals surface area contributed by atoms with Crippen molar-refractivity contribution in [1.29, 1.82) is 0 Å². The molecule has 0 aliphatic rings. The van der Waals surface area contributed by atoms with E-state index in [-0.39, 0.29) is 0 Å². The summed E-state index contributed by atoms with van der Waals surface area (Å²) in [7, 11) is 0. The Morgan fingerprint density at radius 1 is 1.20 bits per heavy atom. The van der Waals surface area contributed by atoms with Gasteiger partial charge in [-0.1, -0.05) is 0 Å². The summed E-state index contributed by atoms with van der Waals surface area (Å²) >= 11 is -1.83. The van der Waals surface area contributed by atoms with Crippen molar-refractivity contribution in [3.63, 3.8) is 0 Å². The fraction of sp³-hybridized carbons (Fsp3) is 0. The summed E-state index contributed by atoms with van der Waals surface area (Å²) in [4.78, 5) is 0. The molecule has 0 amide bonds. The molecule has 0 rings (SSSR count). The number of halogens is 3. The molecule has 0 aromatic rings. The van der Waals surface area contributed by atoms with Crippen molar-refractivity contribution in [2.24, 2.45) is 0 Å². The first-order valence-corrected chi connectivity index (χ1v) is 2.07. The summed E-state index contributed by atoms with van der Waals surface area (Å²) in [5.41, 5.74) is 0. The van der Waals surface area contributed by atoms with E-state index < -0.39 is 35.4 Å². The van der Waals surface area contributed by atoms with Crippen LogP contribution in [-0.4, -0.2) is 18.2 Å². The quantitative estimate of drug-likeness (QED) is 0.541. The Balaban J connectivity index is 0. The second kappa shape index (κ2) is 17.4. The zero-order valence-electron chi connectivity index (χ0n) is 2.44. The van der Waals surface area contributed by atoms with Crippen LogP contribution in [-0.2, 0) is 0 Å². The first-order valence-electron chi connectivity index (χ1n) is 0.606. The summed E-state index contributed by atoms with van der Waals surface area (Å²) < 4.78 is 28.9. The van der Waals surface area contributed by atoms with Gasteiger partial charge in [0, 0.05) is 0 Å². The number of rotatable bonds is 0. The van der Waals surface area contributed by atoms with Gasteiger partial charge in [0.2, 0.25) is 0 Å². The van der Waals surface area contributed by atoms with E-state index in [0.29, 0.717) is 18.2 Å². The topological polar surface area (TPSA) is 0 Å². The van der Waals surface area contributed by atoms with Gasteiger partial charge >= 0.3 is 59.7 Å². The molecule has 5 heteroatoms. The first kappa shape index (κ1) is 9.82. The SMILES string of the molecule is [F][Ho][F].[Li][F]. The molecule has 33 valence electrons. The van der Waals surface area contributed by atoms with Crippen LogP contribution in [0.2, 0.25) is 0 Å². The summed E-state index contributed by atoms with van der Waals surface area (Å²) in [5, 5.41) is 0. The van der Waals surface area contributed by atoms with Crippen LogP contribution in [0.1, 0.15) is 0 Å². The van der Waals surface area contributed by atoms with Gasteiger partial charge in [-0.15, -0.1) is 0 Å². The van der Waals surface area contributed by atoms with Gasteiger partial charge in [0.15, 0.2) is 0 Å². The molecule has 0 bridgehead atoms. The molecule has 0 nitrogen and oxygen atoms in total. The van der Waals surface area contributed by atoms with E-state index in [9.17, 15) is 6.11 Å². The third-order valence-corrected chi connectivity index (χ3v) is 0. The zero-order chi connectivity index (χ0) is 4.71. The molecule has 0 saturated carbocycles. The van der Waals surface area contributed by atoms with E-state index in [4.69, 9.17) is 0 Å².